The van der Waals surface area contributed by atoms with E-state index in [1.54, 1.807) is 12.1 Å². The van der Waals surface area contributed by atoms with Crippen LogP contribution in [-0.4, -0.2) is 36.8 Å². The maximum Gasteiger partial charge on any atom is 0.296 e. The first-order chi connectivity index (χ1) is 8.65. The maximum atomic E-state index is 11.1. The van der Waals surface area contributed by atoms with E-state index in [-0.39, 0.29) is 18.2 Å². The lowest BCUT2D eigenvalue weighted by atomic mass is 10.1. The lowest BCUT2D eigenvalue weighted by Crippen LogP contribution is -2.21. The van der Waals surface area contributed by atoms with Crippen LogP contribution in [0.1, 0.15) is 6.42 Å². The second-order valence-corrected chi connectivity index (χ2v) is 4.40. The summed E-state index contributed by atoms with van der Waals surface area (Å²) in [6.07, 6.45) is 0.861. The highest BCUT2D eigenvalue weighted by Gasteiger charge is 2.27. The van der Waals surface area contributed by atoms with Crippen LogP contribution < -0.4 is 9.64 Å². The zero-order valence-corrected chi connectivity index (χ0v) is 10.2. The fourth-order valence-electron chi connectivity index (χ4n) is 2.24. The molecule has 0 saturated carbocycles. The maximum absolute atomic E-state index is 11.1. The molecule has 1 aromatic rings. The summed E-state index contributed by atoms with van der Waals surface area (Å²) in [6, 6.07) is 4.85. The summed E-state index contributed by atoms with van der Waals surface area (Å²) in [5, 5.41) is 20.2. The van der Waals surface area contributed by atoms with Gasteiger partial charge in [-0.05, 0) is 18.6 Å². The molecule has 0 spiro atoms. The van der Waals surface area contributed by atoms with Gasteiger partial charge in [-0.1, -0.05) is 0 Å². The van der Waals surface area contributed by atoms with Crippen molar-refractivity contribution < 1.29 is 14.8 Å². The Morgan fingerprint density at radius 3 is 2.94 bits per heavy atom. The van der Waals surface area contributed by atoms with Crippen LogP contribution in [0.15, 0.2) is 18.2 Å². The molecule has 0 aromatic heterocycles. The number of aliphatic hydroxyl groups is 1. The fraction of sp³-hybridized carbons (Fsp3) is 0.500. The summed E-state index contributed by atoms with van der Waals surface area (Å²) in [4.78, 5) is 12.6. The van der Waals surface area contributed by atoms with E-state index >= 15 is 0 Å². The third kappa shape index (κ3) is 2.38. The summed E-state index contributed by atoms with van der Waals surface area (Å²) in [5.41, 5.74) is 0.643. The van der Waals surface area contributed by atoms with Gasteiger partial charge in [-0.15, -0.1) is 0 Å². The highest BCUT2D eigenvalue weighted by molar-refractivity contribution is 5.66. The van der Waals surface area contributed by atoms with Crippen molar-refractivity contribution in [1.82, 2.24) is 0 Å². The molecule has 1 fully saturated rings. The standard InChI is InChI=1S/C12H16N2O4/c1-18-10-2-3-11(12(6-10)14(16)17)13-5-4-9(7-13)8-15/h2-3,6,9,15H,4-5,7-8H2,1H3. The number of rotatable bonds is 4. The molecule has 0 aliphatic carbocycles. The minimum Gasteiger partial charge on any atom is -0.496 e. The van der Waals surface area contributed by atoms with Crippen LogP contribution in [0.4, 0.5) is 11.4 Å². The fourth-order valence-corrected chi connectivity index (χ4v) is 2.24. The summed E-state index contributed by atoms with van der Waals surface area (Å²) in [5.74, 6) is 0.676. The number of nitrogens with zero attached hydrogens (tertiary/aromatic N) is 2. The normalized spacial score (nSPS) is 19.0. The molecule has 0 bridgehead atoms. The number of aliphatic hydroxyl groups excluding tert-OH is 1. The Hall–Kier alpha value is -1.82. The molecule has 0 amide bonds. The Kier molecular flexibility index (Phi) is 3.66. The molecule has 1 aliphatic heterocycles. The Morgan fingerprint density at radius 2 is 2.39 bits per heavy atom. The minimum atomic E-state index is -0.399. The van der Waals surface area contributed by atoms with Crippen molar-refractivity contribution in [2.75, 3.05) is 31.7 Å². The van der Waals surface area contributed by atoms with Gasteiger partial charge in [-0.25, -0.2) is 0 Å². The van der Waals surface area contributed by atoms with Gasteiger partial charge in [0.05, 0.1) is 18.1 Å². The number of hydrogen-bond donors (Lipinski definition) is 1. The van der Waals surface area contributed by atoms with Crippen molar-refractivity contribution in [1.29, 1.82) is 0 Å². The second kappa shape index (κ2) is 5.22. The van der Waals surface area contributed by atoms with Crippen molar-refractivity contribution in [2.24, 2.45) is 5.92 Å². The highest BCUT2D eigenvalue weighted by Crippen LogP contribution is 2.34. The van der Waals surface area contributed by atoms with E-state index in [1.165, 1.54) is 13.2 Å². The van der Waals surface area contributed by atoms with Gasteiger partial charge in [0.25, 0.3) is 5.69 Å². The van der Waals surface area contributed by atoms with E-state index in [1.807, 2.05) is 4.90 Å². The molecule has 18 heavy (non-hydrogen) atoms. The molecule has 6 nitrogen and oxygen atoms in total. The third-order valence-corrected chi connectivity index (χ3v) is 3.26. The van der Waals surface area contributed by atoms with Gasteiger partial charge in [0.15, 0.2) is 0 Å². The summed E-state index contributed by atoms with van der Waals surface area (Å²) in [7, 11) is 1.48. The van der Waals surface area contributed by atoms with E-state index in [2.05, 4.69) is 0 Å². The van der Waals surface area contributed by atoms with Crippen molar-refractivity contribution in [3.63, 3.8) is 0 Å². The zero-order valence-electron chi connectivity index (χ0n) is 10.2. The van der Waals surface area contributed by atoms with E-state index in [0.717, 1.165) is 13.0 Å². The lowest BCUT2D eigenvalue weighted by molar-refractivity contribution is -0.384. The summed E-state index contributed by atoms with van der Waals surface area (Å²) < 4.78 is 5.00. The molecular formula is C12H16N2O4. The largest absolute Gasteiger partial charge is 0.496 e. The Balaban J connectivity index is 2.30. The number of methoxy groups -OCH3 is 1. The highest BCUT2D eigenvalue weighted by atomic mass is 16.6. The van der Waals surface area contributed by atoms with Crippen LogP contribution >= 0.6 is 0 Å². The molecule has 1 unspecified atom stereocenters. The minimum absolute atomic E-state index is 0.0490. The molecule has 0 radical (unpaired) electrons. The summed E-state index contributed by atoms with van der Waals surface area (Å²) >= 11 is 0. The van der Waals surface area contributed by atoms with E-state index in [0.29, 0.717) is 18.0 Å². The first-order valence-corrected chi connectivity index (χ1v) is 5.84. The van der Waals surface area contributed by atoms with Gasteiger partial charge in [0.2, 0.25) is 0 Å². The molecule has 1 saturated heterocycles. The number of anilines is 1. The second-order valence-electron chi connectivity index (χ2n) is 4.40. The Labute approximate surface area is 105 Å². The average Bonchev–Trinajstić information content (AvgIpc) is 2.86. The van der Waals surface area contributed by atoms with Crippen molar-refractivity contribution >= 4 is 11.4 Å². The molecular weight excluding hydrogens is 236 g/mol. The number of ether oxygens (including phenoxy) is 1. The van der Waals surface area contributed by atoms with Crippen molar-refractivity contribution in [3.8, 4) is 5.75 Å². The van der Waals surface area contributed by atoms with Gasteiger partial charge >= 0.3 is 0 Å². The first-order valence-electron chi connectivity index (χ1n) is 5.84. The molecule has 98 valence electrons. The van der Waals surface area contributed by atoms with Crippen LogP contribution in [0.5, 0.6) is 5.75 Å². The lowest BCUT2D eigenvalue weighted by Gasteiger charge is -2.18. The van der Waals surface area contributed by atoms with Gasteiger partial charge in [-0.3, -0.25) is 10.1 Å². The van der Waals surface area contributed by atoms with E-state index in [4.69, 9.17) is 9.84 Å². The predicted octanol–water partition coefficient (Wildman–Crippen LogP) is 1.42. The van der Waals surface area contributed by atoms with Crippen LogP contribution in [0, 0.1) is 16.0 Å². The number of benzene rings is 1. The monoisotopic (exact) mass is 252 g/mol. The third-order valence-electron chi connectivity index (χ3n) is 3.26. The molecule has 1 N–H and O–H groups in total. The Bertz CT molecular complexity index is 450. The summed E-state index contributed by atoms with van der Waals surface area (Å²) in [6.45, 7) is 1.52. The van der Waals surface area contributed by atoms with E-state index in [9.17, 15) is 10.1 Å². The Morgan fingerprint density at radius 1 is 1.61 bits per heavy atom. The van der Waals surface area contributed by atoms with Gasteiger partial charge in [-0.2, -0.15) is 0 Å². The van der Waals surface area contributed by atoms with Crippen LogP contribution in [-0.2, 0) is 0 Å². The van der Waals surface area contributed by atoms with Crippen LogP contribution in [0.25, 0.3) is 0 Å². The molecule has 2 rings (SSSR count). The number of hydrogen-bond acceptors (Lipinski definition) is 5. The molecule has 1 atom stereocenters. The topological polar surface area (TPSA) is 75.8 Å². The smallest absolute Gasteiger partial charge is 0.296 e. The predicted molar refractivity (Wildman–Crippen MR) is 67.1 cm³/mol. The van der Waals surface area contributed by atoms with Gasteiger partial charge < -0.3 is 14.7 Å². The molecule has 1 heterocycles. The SMILES string of the molecule is COc1ccc(N2CCC(CO)C2)c([N+](=O)[O-])c1. The average molecular weight is 252 g/mol. The number of nitro groups is 1. The molecule has 6 heteroatoms. The van der Waals surface area contributed by atoms with Crippen LogP contribution in [0.3, 0.4) is 0 Å². The van der Waals surface area contributed by atoms with Crippen LogP contribution in [0.2, 0.25) is 0 Å². The molecule has 1 aliphatic rings. The molecule has 1 aromatic carbocycles. The van der Waals surface area contributed by atoms with Gasteiger partial charge in [0.1, 0.15) is 11.4 Å². The van der Waals surface area contributed by atoms with Crippen molar-refractivity contribution in [2.45, 2.75) is 6.42 Å². The van der Waals surface area contributed by atoms with Gasteiger partial charge in [0, 0.05) is 25.6 Å². The first kappa shape index (κ1) is 12.6. The zero-order chi connectivity index (χ0) is 13.1. The van der Waals surface area contributed by atoms with Crippen molar-refractivity contribution in [3.05, 3.63) is 28.3 Å². The van der Waals surface area contributed by atoms with E-state index < -0.39 is 4.92 Å². The quantitative estimate of drug-likeness (QED) is 0.648. The number of nitro benzene ring substituents is 1.